The van der Waals surface area contributed by atoms with Gasteiger partial charge < -0.3 is 10.2 Å². The maximum Gasteiger partial charge on any atom is 0.265 e. The number of tetrazole rings is 1. The highest BCUT2D eigenvalue weighted by atomic mass is 35.5. The van der Waals surface area contributed by atoms with Gasteiger partial charge in [0, 0.05) is 23.3 Å². The summed E-state index contributed by atoms with van der Waals surface area (Å²) in [6, 6.07) is 14.6. The van der Waals surface area contributed by atoms with Gasteiger partial charge in [-0.2, -0.15) is 0 Å². The van der Waals surface area contributed by atoms with E-state index in [0.29, 0.717) is 22.2 Å². The van der Waals surface area contributed by atoms with Crippen LogP contribution >= 0.6 is 11.6 Å². The van der Waals surface area contributed by atoms with Crippen LogP contribution in [0.15, 0.2) is 53.7 Å². The molecule has 0 saturated heterocycles. The Morgan fingerprint density at radius 3 is 2.70 bits per heavy atom. The first kappa shape index (κ1) is 18.5. The van der Waals surface area contributed by atoms with Crippen LogP contribution in [-0.4, -0.2) is 38.4 Å². The number of benzene rings is 2. The van der Waals surface area contributed by atoms with E-state index < -0.39 is 0 Å². The Balaban J connectivity index is 1.73. The summed E-state index contributed by atoms with van der Waals surface area (Å²) in [6.07, 6.45) is 0. The number of nitrogens with one attached hydrogen (secondary N) is 1. The van der Waals surface area contributed by atoms with Crippen LogP contribution < -0.4 is 5.32 Å². The third kappa shape index (κ3) is 4.48. The number of amides is 1. The van der Waals surface area contributed by atoms with E-state index in [-0.39, 0.29) is 12.5 Å². The predicted molar refractivity (Wildman–Crippen MR) is 102 cm³/mol. The number of anilines is 1. The van der Waals surface area contributed by atoms with Gasteiger partial charge in [0.15, 0.2) is 12.3 Å². The molecule has 0 aliphatic heterocycles. The molecule has 1 aromatic heterocycles. The molecule has 3 aromatic rings. The quantitative estimate of drug-likeness (QED) is 0.520. The molecule has 0 bridgehead atoms. The van der Waals surface area contributed by atoms with Crippen LogP contribution in [0.3, 0.4) is 0 Å². The van der Waals surface area contributed by atoms with Crippen molar-refractivity contribution in [2.75, 3.05) is 11.9 Å². The molecule has 9 heteroatoms. The lowest BCUT2D eigenvalue weighted by Crippen LogP contribution is -2.19. The third-order valence-electron chi connectivity index (χ3n) is 3.77. The fourth-order valence-corrected chi connectivity index (χ4v) is 2.51. The summed E-state index contributed by atoms with van der Waals surface area (Å²) in [5.41, 5.74) is 2.60. The Hall–Kier alpha value is -3.26. The number of carbonyl (C=O) groups is 1. The van der Waals surface area contributed by atoms with E-state index >= 15 is 0 Å². The summed E-state index contributed by atoms with van der Waals surface area (Å²) >= 11 is 6.06. The molecule has 1 amide bonds. The molecular weight excluding hydrogens is 368 g/mol. The van der Waals surface area contributed by atoms with Crippen molar-refractivity contribution in [2.45, 2.75) is 6.92 Å². The van der Waals surface area contributed by atoms with E-state index in [1.165, 1.54) is 4.68 Å². The molecular formula is C18H17ClN6O2. The molecule has 1 heterocycles. The zero-order valence-corrected chi connectivity index (χ0v) is 15.5. The van der Waals surface area contributed by atoms with Crippen LogP contribution in [0.4, 0.5) is 5.69 Å². The van der Waals surface area contributed by atoms with Gasteiger partial charge in [-0.1, -0.05) is 53.2 Å². The van der Waals surface area contributed by atoms with Crippen molar-refractivity contribution in [3.8, 4) is 0 Å². The summed E-state index contributed by atoms with van der Waals surface area (Å²) in [4.78, 5) is 17.4. The Morgan fingerprint density at radius 2 is 2.00 bits per heavy atom. The molecule has 27 heavy (non-hydrogen) atoms. The van der Waals surface area contributed by atoms with Crippen LogP contribution in [0, 0.1) is 6.92 Å². The zero-order valence-electron chi connectivity index (χ0n) is 14.8. The highest BCUT2D eigenvalue weighted by Crippen LogP contribution is 2.22. The molecule has 0 spiro atoms. The molecule has 138 valence electrons. The first-order chi connectivity index (χ1) is 13.1. The molecule has 3 rings (SSSR count). The SMILES string of the molecule is Cc1c(Cl)cccc1NC(=O)CO/N=C(/c1ccccc1)c1nnnn1C. The molecule has 0 fully saturated rings. The van der Waals surface area contributed by atoms with E-state index in [1.807, 2.05) is 37.3 Å². The normalized spacial score (nSPS) is 11.3. The van der Waals surface area contributed by atoms with Crippen molar-refractivity contribution in [2.24, 2.45) is 12.2 Å². The topological polar surface area (TPSA) is 94.3 Å². The molecule has 1 N–H and O–H groups in total. The van der Waals surface area contributed by atoms with Gasteiger partial charge in [-0.15, -0.1) is 5.10 Å². The van der Waals surface area contributed by atoms with Crippen molar-refractivity contribution in [3.63, 3.8) is 0 Å². The zero-order chi connectivity index (χ0) is 19.2. The van der Waals surface area contributed by atoms with Gasteiger partial charge in [0.05, 0.1) is 0 Å². The number of hydrogen-bond acceptors (Lipinski definition) is 6. The van der Waals surface area contributed by atoms with Gasteiger partial charge in [0.2, 0.25) is 5.82 Å². The third-order valence-corrected chi connectivity index (χ3v) is 4.18. The minimum absolute atomic E-state index is 0.270. The van der Waals surface area contributed by atoms with Crippen molar-refractivity contribution in [1.29, 1.82) is 0 Å². The average molecular weight is 385 g/mol. The average Bonchev–Trinajstić information content (AvgIpc) is 3.09. The number of carbonyl (C=O) groups excluding carboxylic acids is 1. The monoisotopic (exact) mass is 384 g/mol. The van der Waals surface area contributed by atoms with Gasteiger partial charge >= 0.3 is 0 Å². The first-order valence-corrected chi connectivity index (χ1v) is 8.47. The summed E-state index contributed by atoms with van der Waals surface area (Å²) < 4.78 is 1.48. The number of aryl methyl sites for hydroxylation is 1. The molecule has 0 aliphatic rings. The Labute approximate surface area is 160 Å². The molecule has 0 atom stereocenters. The lowest BCUT2D eigenvalue weighted by atomic mass is 10.1. The Bertz CT molecular complexity index is 971. The van der Waals surface area contributed by atoms with E-state index in [2.05, 4.69) is 26.0 Å². The number of aromatic nitrogens is 4. The second kappa shape index (κ2) is 8.41. The highest BCUT2D eigenvalue weighted by Gasteiger charge is 2.15. The van der Waals surface area contributed by atoms with Crippen molar-refractivity contribution in [3.05, 3.63) is 70.5 Å². The maximum absolute atomic E-state index is 12.2. The fourth-order valence-electron chi connectivity index (χ4n) is 2.33. The van der Waals surface area contributed by atoms with Crippen molar-refractivity contribution < 1.29 is 9.63 Å². The summed E-state index contributed by atoms with van der Waals surface area (Å²) in [7, 11) is 1.70. The summed E-state index contributed by atoms with van der Waals surface area (Å²) in [6.45, 7) is 1.55. The molecule has 2 aromatic carbocycles. The van der Waals surface area contributed by atoms with Crippen molar-refractivity contribution >= 4 is 28.9 Å². The van der Waals surface area contributed by atoms with Gasteiger partial charge in [-0.05, 0) is 35.0 Å². The van der Waals surface area contributed by atoms with E-state index in [1.54, 1.807) is 25.2 Å². The Morgan fingerprint density at radius 1 is 1.22 bits per heavy atom. The smallest absolute Gasteiger partial charge is 0.265 e. The van der Waals surface area contributed by atoms with Gasteiger partial charge in [-0.25, -0.2) is 4.68 Å². The van der Waals surface area contributed by atoms with Gasteiger partial charge in [0.1, 0.15) is 0 Å². The lowest BCUT2D eigenvalue weighted by molar-refractivity contribution is -0.120. The number of nitrogens with zero attached hydrogens (tertiary/aromatic N) is 5. The van der Waals surface area contributed by atoms with Crippen LogP contribution in [0.5, 0.6) is 0 Å². The molecule has 0 radical (unpaired) electrons. The number of halogens is 1. The van der Waals surface area contributed by atoms with E-state index in [9.17, 15) is 4.79 Å². The fraction of sp³-hybridized carbons (Fsp3) is 0.167. The highest BCUT2D eigenvalue weighted by molar-refractivity contribution is 6.31. The van der Waals surface area contributed by atoms with Crippen molar-refractivity contribution in [1.82, 2.24) is 20.2 Å². The number of hydrogen-bond donors (Lipinski definition) is 1. The van der Waals surface area contributed by atoms with Crippen LogP contribution in [-0.2, 0) is 16.7 Å². The van der Waals surface area contributed by atoms with E-state index in [0.717, 1.165) is 11.1 Å². The van der Waals surface area contributed by atoms with Gasteiger partial charge in [0.25, 0.3) is 5.91 Å². The molecule has 0 saturated carbocycles. The van der Waals surface area contributed by atoms with Crippen LogP contribution in [0.2, 0.25) is 5.02 Å². The largest absolute Gasteiger partial charge is 0.385 e. The van der Waals surface area contributed by atoms with Gasteiger partial charge in [-0.3, -0.25) is 4.79 Å². The minimum atomic E-state index is -0.354. The molecule has 0 unspecified atom stereocenters. The van der Waals surface area contributed by atoms with E-state index in [4.69, 9.17) is 16.4 Å². The number of rotatable bonds is 6. The van der Waals surface area contributed by atoms with Crippen LogP contribution in [0.25, 0.3) is 0 Å². The predicted octanol–water partition coefficient (Wildman–Crippen LogP) is 2.58. The molecule has 8 nitrogen and oxygen atoms in total. The second-order valence-electron chi connectivity index (χ2n) is 5.67. The maximum atomic E-state index is 12.2. The minimum Gasteiger partial charge on any atom is -0.385 e. The first-order valence-electron chi connectivity index (χ1n) is 8.09. The summed E-state index contributed by atoms with van der Waals surface area (Å²) in [5.74, 6) is 0.0694. The van der Waals surface area contributed by atoms with Crippen LogP contribution in [0.1, 0.15) is 17.0 Å². The molecule has 0 aliphatic carbocycles. The standard InChI is InChI=1S/C18H17ClN6O2/c1-12-14(19)9-6-10-15(12)20-16(26)11-27-22-17(13-7-4-3-5-8-13)18-21-23-24-25(18)2/h3-10H,11H2,1-2H3,(H,20,26)/b22-17-. The summed E-state index contributed by atoms with van der Waals surface area (Å²) in [5, 5.41) is 18.8. The second-order valence-corrected chi connectivity index (χ2v) is 6.07. The number of oxime groups is 1. The Kier molecular flexibility index (Phi) is 5.77. The lowest BCUT2D eigenvalue weighted by Gasteiger charge is -2.09.